The van der Waals surface area contributed by atoms with Crippen molar-refractivity contribution in [3.8, 4) is 0 Å². The second kappa shape index (κ2) is 9.49. The van der Waals surface area contributed by atoms with Crippen molar-refractivity contribution in [2.24, 2.45) is 0 Å². The molecule has 0 aliphatic carbocycles. The fourth-order valence-corrected chi connectivity index (χ4v) is 4.20. The lowest BCUT2D eigenvalue weighted by molar-refractivity contribution is 0.102. The van der Waals surface area contributed by atoms with E-state index in [1.54, 1.807) is 19.9 Å². The summed E-state index contributed by atoms with van der Waals surface area (Å²) in [4.78, 5) is 24.0. The summed E-state index contributed by atoms with van der Waals surface area (Å²) in [7, 11) is -4.03. The molecule has 0 fully saturated rings. The van der Waals surface area contributed by atoms with E-state index in [1.165, 1.54) is 24.3 Å². The average Bonchev–Trinajstić information content (AvgIpc) is 3.22. The number of hydrogen-bond acceptors (Lipinski definition) is 7. The highest BCUT2D eigenvalue weighted by Gasteiger charge is 2.22. The highest BCUT2D eigenvalue weighted by molar-refractivity contribution is 7.92. The minimum absolute atomic E-state index is 0.0940. The molecule has 0 unspecified atom stereocenters. The topological polar surface area (TPSA) is 131 Å². The Bertz CT molecular complexity index is 1540. The second-order valence-corrected chi connectivity index (χ2v) is 9.25. The Labute approximate surface area is 201 Å². The van der Waals surface area contributed by atoms with Gasteiger partial charge >= 0.3 is 0 Å². The van der Waals surface area contributed by atoms with E-state index in [1.807, 2.05) is 0 Å². The monoisotopic (exact) mass is 523 g/mol. The molecular weight excluding hydrogens is 506 g/mol. The zero-order valence-corrected chi connectivity index (χ0v) is 19.4. The highest BCUT2D eigenvalue weighted by atomic mass is 32.2. The van der Waals surface area contributed by atoms with Crippen molar-refractivity contribution in [3.63, 3.8) is 0 Å². The number of aromatic nitrogens is 5. The van der Waals surface area contributed by atoms with Crippen molar-refractivity contribution in [2.45, 2.75) is 31.6 Å². The Morgan fingerprint density at radius 1 is 0.917 bits per heavy atom. The Morgan fingerprint density at radius 3 is 2.14 bits per heavy atom. The van der Waals surface area contributed by atoms with Crippen LogP contribution < -0.4 is 10.0 Å². The van der Waals surface area contributed by atoms with Crippen LogP contribution in [0.1, 0.15) is 46.1 Å². The summed E-state index contributed by atoms with van der Waals surface area (Å²) in [6.45, 7) is 3.38. The largest absolute Gasteiger partial charge is 0.321 e. The molecule has 4 rings (SSSR count). The lowest BCUT2D eigenvalue weighted by atomic mass is 10.3. The van der Waals surface area contributed by atoms with Gasteiger partial charge in [0.2, 0.25) is 5.95 Å². The predicted molar refractivity (Wildman–Crippen MR) is 120 cm³/mol. The van der Waals surface area contributed by atoms with E-state index in [0.29, 0.717) is 22.0 Å². The molecule has 0 aliphatic heterocycles. The van der Waals surface area contributed by atoms with Gasteiger partial charge in [-0.1, -0.05) is 0 Å². The zero-order valence-electron chi connectivity index (χ0n) is 18.6. The van der Waals surface area contributed by atoms with Gasteiger partial charge in [-0.3, -0.25) is 4.79 Å². The van der Waals surface area contributed by atoms with Gasteiger partial charge in [0.25, 0.3) is 28.8 Å². The first-order valence-electron chi connectivity index (χ1n) is 10.2. The zero-order chi connectivity index (χ0) is 26.2. The first kappa shape index (κ1) is 25.0. The fraction of sp³-hybridized carbons (Fsp3) is 0.190. The molecule has 3 aromatic heterocycles. The van der Waals surface area contributed by atoms with E-state index in [4.69, 9.17) is 0 Å². The Kier molecular flexibility index (Phi) is 6.58. The third-order valence-corrected chi connectivity index (χ3v) is 6.13. The fourth-order valence-electron chi connectivity index (χ4n) is 3.26. The van der Waals surface area contributed by atoms with Crippen molar-refractivity contribution < 1.29 is 30.8 Å². The van der Waals surface area contributed by atoms with E-state index < -0.39 is 40.2 Å². The number of fused-ring (bicyclic) bond motifs is 1. The van der Waals surface area contributed by atoms with Crippen LogP contribution in [-0.4, -0.2) is 38.9 Å². The summed E-state index contributed by atoms with van der Waals surface area (Å²) in [5, 5.41) is 6.18. The van der Waals surface area contributed by atoms with Crippen LogP contribution in [0.5, 0.6) is 0 Å². The number of nitrogens with zero attached hydrogens (tertiary/aromatic N) is 5. The number of halogens is 4. The molecule has 0 spiro atoms. The molecule has 15 heteroatoms. The number of aryl methyl sites for hydroxylation is 2. The van der Waals surface area contributed by atoms with Gasteiger partial charge in [-0.25, -0.2) is 50.2 Å². The number of anilines is 2. The Morgan fingerprint density at radius 2 is 1.56 bits per heavy atom. The maximum absolute atomic E-state index is 13.3. The molecule has 36 heavy (non-hydrogen) atoms. The molecule has 0 saturated carbocycles. The van der Waals surface area contributed by atoms with Crippen LogP contribution in [0.25, 0.3) is 5.65 Å². The Hall–Kier alpha value is -4.14. The van der Waals surface area contributed by atoms with Crippen LogP contribution in [0.15, 0.2) is 47.4 Å². The molecule has 4 aromatic rings. The standard InChI is InChI=1S/C21H17F4N7O3S/c1-10-7-11(2)27-21(26-10)31-36(34,35)13-5-3-12(4-6-13)28-20(33)15-9-17-29-14(18(22)23)8-16(19(24)25)32(17)30-15/h3-9,18-19H,1-2H3,(H,28,33)(H,26,27,31). The molecule has 3 heterocycles. The van der Waals surface area contributed by atoms with Crippen LogP contribution in [-0.2, 0) is 10.0 Å². The number of carbonyl (C=O) groups excluding carboxylic acids is 1. The van der Waals surface area contributed by atoms with Gasteiger partial charge in [0.05, 0.1) is 4.90 Å². The maximum Gasteiger partial charge on any atom is 0.280 e. The summed E-state index contributed by atoms with van der Waals surface area (Å²) in [5.74, 6) is -0.944. The first-order valence-corrected chi connectivity index (χ1v) is 11.6. The third-order valence-electron chi connectivity index (χ3n) is 4.78. The quantitative estimate of drug-likeness (QED) is 0.349. The van der Waals surface area contributed by atoms with E-state index >= 15 is 0 Å². The minimum Gasteiger partial charge on any atom is -0.321 e. The SMILES string of the molecule is Cc1cc(C)nc(NS(=O)(=O)c2ccc(NC(=O)c3cc4nc(C(F)F)cc(C(F)F)n4n3)cc2)n1. The van der Waals surface area contributed by atoms with Crippen LogP contribution in [0.3, 0.4) is 0 Å². The molecule has 188 valence electrons. The van der Waals surface area contributed by atoms with Crippen molar-refractivity contribution in [1.29, 1.82) is 0 Å². The number of sulfonamides is 1. The lowest BCUT2D eigenvalue weighted by Gasteiger charge is -2.09. The van der Waals surface area contributed by atoms with Gasteiger partial charge < -0.3 is 5.32 Å². The minimum atomic E-state index is -4.03. The van der Waals surface area contributed by atoms with Crippen LogP contribution in [0.2, 0.25) is 0 Å². The molecular formula is C21H17F4N7O3S. The number of alkyl halides is 4. The molecule has 0 atom stereocenters. The number of nitrogens with one attached hydrogen (secondary N) is 2. The molecule has 0 radical (unpaired) electrons. The van der Waals surface area contributed by atoms with Crippen LogP contribution >= 0.6 is 0 Å². The molecule has 10 nitrogen and oxygen atoms in total. The highest BCUT2D eigenvalue weighted by Crippen LogP contribution is 2.26. The average molecular weight is 523 g/mol. The number of amides is 1. The maximum atomic E-state index is 13.3. The van der Waals surface area contributed by atoms with Gasteiger partial charge in [-0.2, -0.15) is 5.10 Å². The molecule has 1 aromatic carbocycles. The molecule has 1 amide bonds. The van der Waals surface area contributed by atoms with E-state index in [9.17, 15) is 30.8 Å². The van der Waals surface area contributed by atoms with Crippen LogP contribution in [0.4, 0.5) is 29.2 Å². The van der Waals surface area contributed by atoms with E-state index in [2.05, 4.69) is 30.1 Å². The number of carbonyl (C=O) groups is 1. The molecule has 0 aliphatic rings. The van der Waals surface area contributed by atoms with E-state index in [-0.39, 0.29) is 27.9 Å². The van der Waals surface area contributed by atoms with Gasteiger partial charge in [-0.05, 0) is 50.2 Å². The normalized spacial score (nSPS) is 11.9. The van der Waals surface area contributed by atoms with Gasteiger partial charge in [0, 0.05) is 23.1 Å². The Balaban J connectivity index is 1.54. The predicted octanol–water partition coefficient (Wildman–Crippen LogP) is 4.06. The van der Waals surface area contributed by atoms with Gasteiger partial charge in [0.15, 0.2) is 11.3 Å². The summed E-state index contributed by atoms with van der Waals surface area (Å²) >= 11 is 0. The van der Waals surface area contributed by atoms with Crippen molar-refractivity contribution in [2.75, 3.05) is 10.0 Å². The van der Waals surface area contributed by atoms with Crippen molar-refractivity contribution >= 4 is 33.2 Å². The molecule has 2 N–H and O–H groups in total. The van der Waals surface area contributed by atoms with Gasteiger partial charge in [-0.15, -0.1) is 0 Å². The molecule has 0 bridgehead atoms. The van der Waals surface area contributed by atoms with Crippen LogP contribution in [0, 0.1) is 13.8 Å². The second-order valence-electron chi connectivity index (χ2n) is 7.57. The number of hydrogen-bond donors (Lipinski definition) is 2. The summed E-state index contributed by atoms with van der Waals surface area (Å²) in [5.41, 5.74) is -1.12. The van der Waals surface area contributed by atoms with E-state index in [0.717, 1.165) is 6.07 Å². The molecule has 0 saturated heterocycles. The lowest BCUT2D eigenvalue weighted by Crippen LogP contribution is -2.16. The third kappa shape index (κ3) is 5.25. The van der Waals surface area contributed by atoms with Crippen molar-refractivity contribution in [3.05, 3.63) is 70.9 Å². The first-order chi connectivity index (χ1) is 16.9. The smallest absolute Gasteiger partial charge is 0.280 e. The number of rotatable bonds is 7. The summed E-state index contributed by atoms with van der Waals surface area (Å²) in [6, 6.07) is 8.21. The summed E-state index contributed by atoms with van der Waals surface area (Å²) in [6.07, 6.45) is -6.23. The summed E-state index contributed by atoms with van der Waals surface area (Å²) < 4.78 is 80.8. The van der Waals surface area contributed by atoms with Gasteiger partial charge in [0.1, 0.15) is 11.4 Å². The van der Waals surface area contributed by atoms with Crippen molar-refractivity contribution in [1.82, 2.24) is 24.6 Å². The number of benzene rings is 1.